The summed E-state index contributed by atoms with van der Waals surface area (Å²) in [6.07, 6.45) is 2.00. The lowest BCUT2D eigenvalue weighted by Crippen LogP contribution is -2.06. The molecule has 1 N–H and O–H groups in total. The van der Waals surface area contributed by atoms with Crippen molar-refractivity contribution in [2.75, 3.05) is 5.75 Å². The third kappa shape index (κ3) is 3.11. The van der Waals surface area contributed by atoms with Gasteiger partial charge in [-0.25, -0.2) is 4.39 Å². The predicted octanol–water partition coefficient (Wildman–Crippen LogP) is 3.22. The highest BCUT2D eigenvalue weighted by atomic mass is 79.9. The van der Waals surface area contributed by atoms with Crippen molar-refractivity contribution in [3.05, 3.63) is 34.3 Å². The van der Waals surface area contributed by atoms with Gasteiger partial charge in [-0.05, 0) is 31.0 Å². The van der Waals surface area contributed by atoms with Gasteiger partial charge in [-0.3, -0.25) is 9.36 Å². The number of thioether (sulfide) groups is 1. The topological polar surface area (TPSA) is 68.0 Å². The van der Waals surface area contributed by atoms with E-state index in [0.29, 0.717) is 21.1 Å². The SMILES string of the molecule is O=C(O)CSc1nnc(C2CC2)n1-c1ccc(Br)cc1F. The first-order valence-electron chi connectivity index (χ1n) is 6.31. The van der Waals surface area contributed by atoms with Crippen molar-refractivity contribution in [2.45, 2.75) is 23.9 Å². The van der Waals surface area contributed by atoms with Gasteiger partial charge in [0.25, 0.3) is 0 Å². The summed E-state index contributed by atoms with van der Waals surface area (Å²) < 4.78 is 16.5. The first kappa shape index (κ1) is 14.5. The van der Waals surface area contributed by atoms with E-state index in [1.165, 1.54) is 6.07 Å². The third-order valence-electron chi connectivity index (χ3n) is 3.08. The van der Waals surface area contributed by atoms with E-state index in [9.17, 15) is 9.18 Å². The molecule has 1 aliphatic rings. The summed E-state index contributed by atoms with van der Waals surface area (Å²) in [5.41, 5.74) is 0.345. The summed E-state index contributed by atoms with van der Waals surface area (Å²) >= 11 is 4.26. The first-order chi connectivity index (χ1) is 10.1. The van der Waals surface area contributed by atoms with Crippen LogP contribution in [0.4, 0.5) is 4.39 Å². The molecule has 0 unspecified atom stereocenters. The zero-order valence-corrected chi connectivity index (χ0v) is 13.2. The third-order valence-corrected chi connectivity index (χ3v) is 4.48. The summed E-state index contributed by atoms with van der Waals surface area (Å²) in [7, 11) is 0. The van der Waals surface area contributed by atoms with Crippen LogP contribution in [0.2, 0.25) is 0 Å². The van der Waals surface area contributed by atoms with E-state index in [0.717, 1.165) is 24.6 Å². The number of hydrogen-bond donors (Lipinski definition) is 1. The monoisotopic (exact) mass is 371 g/mol. The maximum absolute atomic E-state index is 14.2. The fraction of sp³-hybridized carbons (Fsp3) is 0.308. The molecule has 5 nitrogen and oxygen atoms in total. The summed E-state index contributed by atoms with van der Waals surface area (Å²) in [5, 5.41) is 17.3. The van der Waals surface area contributed by atoms with Gasteiger partial charge in [0.15, 0.2) is 5.16 Å². The van der Waals surface area contributed by atoms with Crippen molar-refractivity contribution in [1.82, 2.24) is 14.8 Å². The van der Waals surface area contributed by atoms with Crippen molar-refractivity contribution < 1.29 is 14.3 Å². The van der Waals surface area contributed by atoms with Gasteiger partial charge in [-0.1, -0.05) is 27.7 Å². The molecule has 0 radical (unpaired) electrons. The molecule has 1 aromatic heterocycles. The average molecular weight is 372 g/mol. The Labute approximate surface area is 132 Å². The second-order valence-corrected chi connectivity index (χ2v) is 6.59. The number of nitrogens with zero attached hydrogens (tertiary/aromatic N) is 3. The fourth-order valence-electron chi connectivity index (χ4n) is 2.00. The number of carboxylic acids is 1. The molecule has 0 spiro atoms. The summed E-state index contributed by atoms with van der Waals surface area (Å²) in [6, 6.07) is 4.75. The minimum Gasteiger partial charge on any atom is -0.481 e. The zero-order chi connectivity index (χ0) is 15.0. The normalized spacial score (nSPS) is 14.4. The summed E-state index contributed by atoms with van der Waals surface area (Å²) in [5.74, 6) is -0.507. The van der Waals surface area contributed by atoms with Gasteiger partial charge in [0.1, 0.15) is 11.6 Å². The molecular weight excluding hydrogens is 361 g/mol. The van der Waals surface area contributed by atoms with Gasteiger partial charge in [-0.2, -0.15) is 0 Å². The molecule has 1 aromatic carbocycles. The molecule has 2 aromatic rings. The number of rotatable bonds is 5. The number of hydrogen-bond acceptors (Lipinski definition) is 4. The van der Waals surface area contributed by atoms with Gasteiger partial charge in [-0.15, -0.1) is 10.2 Å². The van der Waals surface area contributed by atoms with Crippen molar-refractivity contribution in [3.63, 3.8) is 0 Å². The van der Waals surface area contributed by atoms with Gasteiger partial charge in [0.05, 0.1) is 11.4 Å². The lowest BCUT2D eigenvalue weighted by atomic mass is 10.3. The maximum atomic E-state index is 14.2. The van der Waals surface area contributed by atoms with Gasteiger partial charge in [0.2, 0.25) is 0 Å². The fourth-order valence-corrected chi connectivity index (χ4v) is 3.00. The average Bonchev–Trinajstić information content (AvgIpc) is 3.18. The van der Waals surface area contributed by atoms with E-state index in [-0.39, 0.29) is 11.7 Å². The molecule has 21 heavy (non-hydrogen) atoms. The van der Waals surface area contributed by atoms with E-state index in [1.807, 2.05) is 0 Å². The summed E-state index contributed by atoms with van der Waals surface area (Å²) in [4.78, 5) is 10.7. The van der Waals surface area contributed by atoms with Crippen LogP contribution >= 0.6 is 27.7 Å². The standard InChI is InChI=1S/C13H11BrFN3O2S/c14-8-3-4-10(9(15)5-8)18-12(7-1-2-7)16-17-13(18)21-6-11(19)20/h3-5,7H,1-2,6H2,(H,19,20). The second-order valence-electron chi connectivity index (χ2n) is 4.73. The Hall–Kier alpha value is -1.41. The van der Waals surface area contributed by atoms with Crippen molar-refractivity contribution >= 4 is 33.7 Å². The van der Waals surface area contributed by atoms with Crippen molar-refractivity contribution in [1.29, 1.82) is 0 Å². The molecule has 110 valence electrons. The minimum atomic E-state index is -0.946. The molecule has 3 rings (SSSR count). The van der Waals surface area contributed by atoms with Crippen LogP contribution < -0.4 is 0 Å². The van der Waals surface area contributed by atoms with E-state index in [4.69, 9.17) is 5.11 Å². The number of aliphatic carboxylic acids is 1. The first-order valence-corrected chi connectivity index (χ1v) is 8.09. The van der Waals surface area contributed by atoms with Gasteiger partial charge >= 0.3 is 5.97 Å². The van der Waals surface area contributed by atoms with Crippen molar-refractivity contribution in [3.8, 4) is 5.69 Å². The lowest BCUT2D eigenvalue weighted by Gasteiger charge is -2.10. The van der Waals surface area contributed by atoms with Crippen LogP contribution in [-0.4, -0.2) is 31.6 Å². The number of carbonyl (C=O) groups is 1. The molecule has 0 aliphatic heterocycles. The van der Waals surface area contributed by atoms with Gasteiger partial charge < -0.3 is 5.11 Å². The van der Waals surface area contributed by atoms with E-state index >= 15 is 0 Å². The Kier molecular flexibility index (Phi) is 3.99. The Balaban J connectivity index is 2.05. The van der Waals surface area contributed by atoms with Crippen LogP contribution in [0.1, 0.15) is 24.6 Å². The molecular formula is C13H11BrFN3O2S. The number of halogens is 2. The smallest absolute Gasteiger partial charge is 0.313 e. The van der Waals surface area contributed by atoms with Crippen molar-refractivity contribution in [2.24, 2.45) is 0 Å². The van der Waals surface area contributed by atoms with E-state index in [2.05, 4.69) is 26.1 Å². The van der Waals surface area contributed by atoms with Crippen LogP contribution in [0, 0.1) is 5.82 Å². The molecule has 8 heteroatoms. The van der Waals surface area contributed by atoms with Crippen LogP contribution in [0.25, 0.3) is 5.69 Å². The zero-order valence-electron chi connectivity index (χ0n) is 10.8. The maximum Gasteiger partial charge on any atom is 0.313 e. The number of aromatic nitrogens is 3. The molecule has 1 heterocycles. The Morgan fingerprint density at radius 2 is 2.24 bits per heavy atom. The lowest BCUT2D eigenvalue weighted by molar-refractivity contribution is -0.133. The molecule has 1 fully saturated rings. The van der Waals surface area contributed by atoms with Crippen LogP contribution in [0.3, 0.4) is 0 Å². The quantitative estimate of drug-likeness (QED) is 0.817. The molecule has 0 saturated heterocycles. The van der Waals surface area contributed by atoms with Crippen LogP contribution in [-0.2, 0) is 4.79 Å². The highest BCUT2D eigenvalue weighted by molar-refractivity contribution is 9.10. The Morgan fingerprint density at radius 3 is 2.86 bits per heavy atom. The van der Waals surface area contributed by atoms with E-state index < -0.39 is 11.8 Å². The highest BCUT2D eigenvalue weighted by Crippen LogP contribution is 2.41. The molecule has 1 aliphatic carbocycles. The summed E-state index contributed by atoms with van der Waals surface area (Å²) in [6.45, 7) is 0. The highest BCUT2D eigenvalue weighted by Gasteiger charge is 2.31. The number of benzene rings is 1. The van der Waals surface area contributed by atoms with Gasteiger partial charge in [0, 0.05) is 10.4 Å². The van der Waals surface area contributed by atoms with Crippen LogP contribution in [0.15, 0.2) is 27.8 Å². The molecule has 0 amide bonds. The minimum absolute atomic E-state index is 0.138. The Morgan fingerprint density at radius 1 is 1.48 bits per heavy atom. The predicted molar refractivity (Wildman–Crippen MR) is 79.4 cm³/mol. The largest absolute Gasteiger partial charge is 0.481 e. The van der Waals surface area contributed by atoms with E-state index in [1.54, 1.807) is 16.7 Å². The number of carboxylic acid groups (broad SMARTS) is 1. The molecule has 0 bridgehead atoms. The second kappa shape index (κ2) is 5.76. The molecule has 0 atom stereocenters. The molecule has 1 saturated carbocycles. The van der Waals surface area contributed by atoms with Crippen LogP contribution in [0.5, 0.6) is 0 Å². The Bertz CT molecular complexity index is 703.